The molecule has 1 aliphatic heterocycles. The molecule has 0 aromatic heterocycles. The first kappa shape index (κ1) is 15.6. The second kappa shape index (κ2) is 6.34. The molecule has 0 saturated carbocycles. The Labute approximate surface area is 126 Å². The lowest BCUT2D eigenvalue weighted by molar-refractivity contribution is -0.151. The molecule has 1 aliphatic rings. The van der Waals surface area contributed by atoms with Crippen molar-refractivity contribution in [3.63, 3.8) is 0 Å². The highest BCUT2D eigenvalue weighted by atomic mass is 32.2. The van der Waals surface area contributed by atoms with Crippen LogP contribution in [0.4, 0.5) is 4.39 Å². The molecule has 0 aliphatic carbocycles. The molecule has 5 nitrogen and oxygen atoms in total. The minimum Gasteiger partial charge on any atom is -0.481 e. The van der Waals surface area contributed by atoms with E-state index in [2.05, 4.69) is 0 Å². The van der Waals surface area contributed by atoms with Crippen LogP contribution < -0.4 is 4.74 Å². The van der Waals surface area contributed by atoms with Crippen molar-refractivity contribution in [2.45, 2.75) is 31.4 Å². The lowest BCUT2D eigenvalue weighted by Gasteiger charge is -2.28. The number of hydrogen-bond acceptors (Lipinski definition) is 4. The van der Waals surface area contributed by atoms with Gasteiger partial charge in [-0.25, -0.2) is 9.18 Å². The van der Waals surface area contributed by atoms with Crippen LogP contribution in [-0.2, 0) is 9.59 Å². The van der Waals surface area contributed by atoms with Gasteiger partial charge < -0.3 is 14.7 Å². The van der Waals surface area contributed by atoms with Crippen molar-refractivity contribution in [3.8, 4) is 5.75 Å². The average molecular weight is 313 g/mol. The number of halogens is 1. The van der Waals surface area contributed by atoms with Crippen molar-refractivity contribution in [3.05, 3.63) is 30.1 Å². The first-order chi connectivity index (χ1) is 9.90. The number of carbonyl (C=O) groups is 2. The van der Waals surface area contributed by atoms with Gasteiger partial charge in [-0.3, -0.25) is 4.79 Å². The highest BCUT2D eigenvalue weighted by Gasteiger charge is 2.41. The van der Waals surface area contributed by atoms with E-state index in [1.807, 2.05) is 0 Å². The summed E-state index contributed by atoms with van der Waals surface area (Å²) in [6, 6.07) is 4.63. The van der Waals surface area contributed by atoms with Gasteiger partial charge in [0.2, 0.25) is 0 Å². The van der Waals surface area contributed by atoms with Crippen LogP contribution in [0.2, 0.25) is 0 Å². The second-order valence-electron chi connectivity index (χ2n) is 4.75. The number of hydrogen-bond donors (Lipinski definition) is 1. The third-order valence-electron chi connectivity index (χ3n) is 3.22. The van der Waals surface area contributed by atoms with Crippen LogP contribution >= 0.6 is 11.8 Å². The Morgan fingerprint density at radius 3 is 2.86 bits per heavy atom. The van der Waals surface area contributed by atoms with E-state index in [4.69, 9.17) is 9.84 Å². The fourth-order valence-corrected chi connectivity index (χ4v) is 3.35. The zero-order valence-electron chi connectivity index (χ0n) is 11.7. The van der Waals surface area contributed by atoms with Gasteiger partial charge >= 0.3 is 5.97 Å². The molecule has 0 bridgehead atoms. The van der Waals surface area contributed by atoms with E-state index in [9.17, 15) is 14.0 Å². The molecular weight excluding hydrogens is 297 g/mol. The number of nitrogens with zero attached hydrogens (tertiary/aromatic N) is 1. The monoisotopic (exact) mass is 313 g/mol. The zero-order valence-corrected chi connectivity index (χ0v) is 12.5. The zero-order chi connectivity index (χ0) is 15.6. The molecule has 1 saturated heterocycles. The molecular formula is C14H16FNO4S. The Morgan fingerprint density at radius 1 is 1.52 bits per heavy atom. The Hall–Kier alpha value is -1.76. The van der Waals surface area contributed by atoms with Gasteiger partial charge in [-0.05, 0) is 26.0 Å². The van der Waals surface area contributed by atoms with E-state index in [0.29, 0.717) is 5.75 Å². The van der Waals surface area contributed by atoms with E-state index in [-0.39, 0.29) is 11.1 Å². The van der Waals surface area contributed by atoms with Gasteiger partial charge in [-0.1, -0.05) is 6.07 Å². The van der Waals surface area contributed by atoms with Gasteiger partial charge in [-0.15, -0.1) is 11.8 Å². The molecule has 2 rings (SSSR count). The molecule has 1 N–H and O–H groups in total. The summed E-state index contributed by atoms with van der Waals surface area (Å²) < 4.78 is 18.5. The van der Waals surface area contributed by atoms with Gasteiger partial charge in [0.25, 0.3) is 5.91 Å². The molecule has 1 amide bonds. The first-order valence-electron chi connectivity index (χ1n) is 6.49. The molecule has 1 heterocycles. The summed E-state index contributed by atoms with van der Waals surface area (Å²) in [5.74, 6) is -1.31. The summed E-state index contributed by atoms with van der Waals surface area (Å²) in [4.78, 5) is 24.9. The normalized spacial score (nSPS) is 22.9. The number of thioether (sulfide) groups is 1. The maximum atomic E-state index is 13.1. The number of aliphatic carboxylic acids is 1. The molecule has 3 atom stereocenters. The van der Waals surface area contributed by atoms with E-state index < -0.39 is 29.8 Å². The average Bonchev–Trinajstić information content (AvgIpc) is 2.80. The summed E-state index contributed by atoms with van der Waals surface area (Å²) in [5.41, 5.74) is 0. The van der Waals surface area contributed by atoms with Crippen molar-refractivity contribution < 1.29 is 23.8 Å². The molecule has 1 aromatic rings. The predicted octanol–water partition coefficient (Wildman–Crippen LogP) is 1.97. The highest BCUT2D eigenvalue weighted by Crippen LogP contribution is 2.30. The fraction of sp³-hybridized carbons (Fsp3) is 0.429. The van der Waals surface area contributed by atoms with Gasteiger partial charge in [0.05, 0.1) is 5.37 Å². The Bertz CT molecular complexity index is 554. The number of rotatable bonds is 4. The fourth-order valence-electron chi connectivity index (χ4n) is 2.17. The first-order valence-corrected chi connectivity index (χ1v) is 7.54. The van der Waals surface area contributed by atoms with Crippen LogP contribution in [0, 0.1) is 5.82 Å². The third kappa shape index (κ3) is 3.47. The van der Waals surface area contributed by atoms with Crippen LogP contribution in [0.15, 0.2) is 24.3 Å². The van der Waals surface area contributed by atoms with Crippen molar-refractivity contribution in [2.24, 2.45) is 0 Å². The standard InChI is InChI=1S/C14H16FNO4S/c1-8(20-11-5-3-4-10(15)6-11)13(17)16-9(2)21-7-12(16)14(18)19/h3-6,8-9,12H,7H2,1-2H3,(H,18,19). The maximum absolute atomic E-state index is 13.1. The summed E-state index contributed by atoms with van der Waals surface area (Å²) in [6.45, 7) is 3.31. The quantitative estimate of drug-likeness (QED) is 0.920. The number of carboxylic acid groups (broad SMARTS) is 1. The summed E-state index contributed by atoms with van der Waals surface area (Å²) in [5, 5.41) is 8.94. The van der Waals surface area contributed by atoms with Crippen molar-refractivity contribution >= 4 is 23.6 Å². The highest BCUT2D eigenvalue weighted by molar-refractivity contribution is 8.00. The van der Waals surface area contributed by atoms with Gasteiger partial charge in [0, 0.05) is 11.8 Å². The second-order valence-corrected chi connectivity index (χ2v) is 6.10. The van der Waals surface area contributed by atoms with Crippen LogP contribution in [0.3, 0.4) is 0 Å². The number of carboxylic acids is 1. The van der Waals surface area contributed by atoms with Crippen LogP contribution in [0.25, 0.3) is 0 Å². The predicted molar refractivity (Wildman–Crippen MR) is 76.7 cm³/mol. The maximum Gasteiger partial charge on any atom is 0.327 e. The van der Waals surface area contributed by atoms with E-state index in [0.717, 1.165) is 0 Å². The lowest BCUT2D eigenvalue weighted by atomic mass is 10.2. The molecule has 1 fully saturated rings. The number of carbonyl (C=O) groups excluding carboxylic acids is 1. The largest absolute Gasteiger partial charge is 0.481 e. The van der Waals surface area contributed by atoms with E-state index >= 15 is 0 Å². The Balaban J connectivity index is 2.09. The van der Waals surface area contributed by atoms with Crippen molar-refractivity contribution in [2.75, 3.05) is 5.75 Å². The van der Waals surface area contributed by atoms with Crippen LogP contribution in [0.5, 0.6) is 5.75 Å². The molecule has 3 unspecified atom stereocenters. The van der Waals surface area contributed by atoms with Crippen LogP contribution in [-0.4, -0.2) is 45.2 Å². The molecule has 0 spiro atoms. The third-order valence-corrected chi connectivity index (χ3v) is 4.44. The summed E-state index contributed by atoms with van der Waals surface area (Å²) in [6.07, 6.45) is -0.880. The Morgan fingerprint density at radius 2 is 2.24 bits per heavy atom. The topological polar surface area (TPSA) is 66.8 Å². The smallest absolute Gasteiger partial charge is 0.327 e. The number of amides is 1. The van der Waals surface area contributed by atoms with Gasteiger partial charge in [0.15, 0.2) is 6.10 Å². The minimum atomic E-state index is -1.03. The lowest BCUT2D eigenvalue weighted by Crippen LogP contribution is -2.49. The van der Waals surface area contributed by atoms with Crippen LogP contribution in [0.1, 0.15) is 13.8 Å². The van der Waals surface area contributed by atoms with Crippen molar-refractivity contribution in [1.82, 2.24) is 4.90 Å². The summed E-state index contributed by atoms with van der Waals surface area (Å²) in [7, 11) is 0. The Kier molecular flexibility index (Phi) is 4.72. The number of ether oxygens (including phenoxy) is 1. The van der Waals surface area contributed by atoms with Gasteiger partial charge in [-0.2, -0.15) is 0 Å². The molecule has 114 valence electrons. The number of benzene rings is 1. The molecule has 1 aromatic carbocycles. The SMILES string of the molecule is CC(Oc1cccc(F)c1)C(=O)N1C(C)SCC1C(=O)O. The van der Waals surface area contributed by atoms with E-state index in [1.54, 1.807) is 13.0 Å². The molecule has 21 heavy (non-hydrogen) atoms. The van der Waals surface area contributed by atoms with Gasteiger partial charge in [0.1, 0.15) is 17.6 Å². The summed E-state index contributed by atoms with van der Waals surface area (Å²) >= 11 is 1.40. The van der Waals surface area contributed by atoms with E-state index in [1.165, 1.54) is 41.8 Å². The minimum absolute atomic E-state index is 0.225. The molecule has 0 radical (unpaired) electrons. The van der Waals surface area contributed by atoms with Crippen molar-refractivity contribution in [1.29, 1.82) is 0 Å². The molecule has 7 heteroatoms.